The third-order valence-corrected chi connectivity index (χ3v) is 3.17. The first-order valence-corrected chi connectivity index (χ1v) is 7.62. The number of esters is 1. The predicted molar refractivity (Wildman–Crippen MR) is 77.3 cm³/mol. The molecule has 0 heterocycles. The van der Waals surface area contributed by atoms with Crippen LogP contribution in [0.5, 0.6) is 0 Å². The fourth-order valence-electron chi connectivity index (χ4n) is 1.72. The third kappa shape index (κ3) is 13.6. The van der Waals surface area contributed by atoms with E-state index >= 15 is 0 Å². The first kappa shape index (κ1) is 16.6. The largest absolute Gasteiger partial charge is 0.463 e. The van der Waals surface area contributed by atoms with Crippen LogP contribution < -0.4 is 0 Å². The van der Waals surface area contributed by atoms with Crippen LogP contribution >= 0.6 is 9.24 Å². The van der Waals surface area contributed by atoms with Crippen LogP contribution in [-0.2, 0) is 9.53 Å². The van der Waals surface area contributed by atoms with E-state index in [1.807, 2.05) is 0 Å². The Kier molecular flexibility index (Phi) is 13.4. The molecule has 0 aromatic heterocycles. The molecular formula is C14H27O2P. The van der Waals surface area contributed by atoms with Gasteiger partial charge in [-0.3, -0.25) is 0 Å². The zero-order valence-corrected chi connectivity index (χ0v) is 12.1. The number of ether oxygens (including phenoxy) is 1. The average molecular weight is 258 g/mol. The number of unbranched alkanes of at least 4 members (excludes halogenated alkanes) is 8. The molecule has 0 N–H and O–H groups in total. The van der Waals surface area contributed by atoms with E-state index in [2.05, 4.69) is 15.8 Å². The molecule has 0 spiro atoms. The molecule has 0 fully saturated rings. The van der Waals surface area contributed by atoms with Crippen LogP contribution in [0.3, 0.4) is 0 Å². The molecular weight excluding hydrogens is 231 g/mol. The molecule has 0 rings (SSSR count). The van der Waals surface area contributed by atoms with E-state index in [4.69, 9.17) is 4.74 Å². The van der Waals surface area contributed by atoms with Crippen molar-refractivity contribution in [3.63, 3.8) is 0 Å². The van der Waals surface area contributed by atoms with E-state index in [0.29, 0.717) is 6.61 Å². The van der Waals surface area contributed by atoms with Crippen molar-refractivity contribution in [2.75, 3.05) is 12.8 Å². The van der Waals surface area contributed by atoms with Crippen LogP contribution in [0.25, 0.3) is 0 Å². The summed E-state index contributed by atoms with van der Waals surface area (Å²) in [5.41, 5.74) is 0. The molecule has 17 heavy (non-hydrogen) atoms. The monoisotopic (exact) mass is 258 g/mol. The molecule has 3 heteroatoms. The Bertz CT molecular complexity index is 193. The van der Waals surface area contributed by atoms with Crippen LogP contribution in [-0.4, -0.2) is 18.7 Å². The molecule has 1 atom stereocenters. The fourth-order valence-corrected chi connectivity index (χ4v) is 2.00. The average Bonchev–Trinajstić information content (AvgIpc) is 2.35. The van der Waals surface area contributed by atoms with Gasteiger partial charge in [0.1, 0.15) is 0 Å². The van der Waals surface area contributed by atoms with Gasteiger partial charge in [-0.2, -0.15) is 0 Å². The van der Waals surface area contributed by atoms with E-state index in [0.717, 1.165) is 12.8 Å². The zero-order valence-electron chi connectivity index (χ0n) is 11.0. The predicted octanol–water partition coefficient (Wildman–Crippen LogP) is 4.10. The lowest BCUT2D eigenvalue weighted by Crippen LogP contribution is -2.01. The summed E-state index contributed by atoms with van der Waals surface area (Å²) in [4.78, 5) is 10.7. The molecule has 0 aliphatic carbocycles. The van der Waals surface area contributed by atoms with Gasteiger partial charge in [0.05, 0.1) is 6.61 Å². The molecule has 100 valence electrons. The van der Waals surface area contributed by atoms with Gasteiger partial charge >= 0.3 is 5.97 Å². The van der Waals surface area contributed by atoms with Crippen LogP contribution in [0, 0.1) is 0 Å². The maximum absolute atomic E-state index is 10.7. The molecule has 0 saturated heterocycles. The van der Waals surface area contributed by atoms with E-state index < -0.39 is 0 Å². The highest BCUT2D eigenvalue weighted by Gasteiger charge is 1.95. The highest BCUT2D eigenvalue weighted by Crippen LogP contribution is 2.10. The van der Waals surface area contributed by atoms with Gasteiger partial charge in [0.15, 0.2) is 0 Å². The number of hydrogen-bond acceptors (Lipinski definition) is 2. The topological polar surface area (TPSA) is 26.3 Å². The third-order valence-electron chi connectivity index (χ3n) is 2.76. The number of hydrogen-bond donors (Lipinski definition) is 0. The van der Waals surface area contributed by atoms with Crippen molar-refractivity contribution in [2.45, 2.75) is 57.8 Å². The Morgan fingerprint density at radius 2 is 1.41 bits per heavy atom. The van der Waals surface area contributed by atoms with Crippen molar-refractivity contribution < 1.29 is 9.53 Å². The van der Waals surface area contributed by atoms with Crippen LogP contribution in [0.1, 0.15) is 57.8 Å². The second-order valence-corrected chi connectivity index (χ2v) is 4.92. The van der Waals surface area contributed by atoms with Crippen molar-refractivity contribution in [1.29, 1.82) is 0 Å². The van der Waals surface area contributed by atoms with E-state index in [1.165, 1.54) is 57.2 Å². The molecule has 2 nitrogen and oxygen atoms in total. The minimum Gasteiger partial charge on any atom is -0.463 e. The normalized spacial score (nSPS) is 10.2. The lowest BCUT2D eigenvalue weighted by atomic mass is 10.1. The minimum atomic E-state index is -0.306. The SMILES string of the molecule is C=CC(=O)OCCCCCCCCCCCP. The Balaban J connectivity index is 2.98. The maximum atomic E-state index is 10.7. The first-order chi connectivity index (χ1) is 8.31. The smallest absolute Gasteiger partial charge is 0.330 e. The molecule has 0 aliphatic heterocycles. The first-order valence-electron chi connectivity index (χ1n) is 6.80. The van der Waals surface area contributed by atoms with Crippen molar-refractivity contribution in [1.82, 2.24) is 0 Å². The number of carbonyl (C=O) groups is 1. The minimum absolute atomic E-state index is 0.306. The molecule has 0 aromatic rings. The Hall–Kier alpha value is -0.360. The second-order valence-electron chi connectivity index (χ2n) is 4.34. The zero-order chi connectivity index (χ0) is 12.8. The van der Waals surface area contributed by atoms with Crippen molar-refractivity contribution in [3.8, 4) is 0 Å². The summed E-state index contributed by atoms with van der Waals surface area (Å²) in [6.07, 6.45) is 14.0. The van der Waals surface area contributed by atoms with Crippen LogP contribution in [0.4, 0.5) is 0 Å². The van der Waals surface area contributed by atoms with E-state index in [1.54, 1.807) is 0 Å². The summed E-state index contributed by atoms with van der Waals surface area (Å²) in [5.74, 6) is -0.306. The summed E-state index contributed by atoms with van der Waals surface area (Å²) in [6, 6.07) is 0. The summed E-state index contributed by atoms with van der Waals surface area (Å²) < 4.78 is 4.90. The van der Waals surface area contributed by atoms with Gasteiger partial charge in [0.2, 0.25) is 0 Å². The van der Waals surface area contributed by atoms with E-state index in [9.17, 15) is 4.79 Å². The van der Waals surface area contributed by atoms with Crippen molar-refractivity contribution in [3.05, 3.63) is 12.7 Å². The molecule has 1 unspecified atom stereocenters. The van der Waals surface area contributed by atoms with Gasteiger partial charge in [0, 0.05) is 6.08 Å². The van der Waals surface area contributed by atoms with Crippen molar-refractivity contribution in [2.24, 2.45) is 0 Å². The molecule has 0 aromatic carbocycles. The van der Waals surface area contributed by atoms with Gasteiger partial charge in [-0.1, -0.05) is 51.5 Å². The van der Waals surface area contributed by atoms with Gasteiger partial charge in [-0.15, -0.1) is 9.24 Å². The Morgan fingerprint density at radius 3 is 1.88 bits per heavy atom. The highest BCUT2D eigenvalue weighted by molar-refractivity contribution is 7.16. The van der Waals surface area contributed by atoms with Crippen LogP contribution in [0.15, 0.2) is 12.7 Å². The highest BCUT2D eigenvalue weighted by atomic mass is 31.0. The number of carbonyl (C=O) groups excluding carboxylic acids is 1. The molecule has 0 amide bonds. The molecule has 0 saturated carbocycles. The summed E-state index contributed by atoms with van der Waals surface area (Å²) in [6.45, 7) is 3.90. The summed E-state index contributed by atoms with van der Waals surface area (Å²) in [7, 11) is 2.78. The van der Waals surface area contributed by atoms with Gasteiger partial charge in [-0.25, -0.2) is 4.79 Å². The Morgan fingerprint density at radius 1 is 0.941 bits per heavy atom. The fraction of sp³-hybridized carbons (Fsp3) is 0.786. The standard InChI is InChI=1S/C14H27O2P/c1-2-14(15)16-12-10-8-6-4-3-5-7-9-11-13-17/h2H,1,3-13,17H2. The Labute approximate surface area is 108 Å². The van der Waals surface area contributed by atoms with Crippen LogP contribution in [0.2, 0.25) is 0 Å². The van der Waals surface area contributed by atoms with Crippen molar-refractivity contribution >= 4 is 15.2 Å². The lowest BCUT2D eigenvalue weighted by Gasteiger charge is -2.03. The lowest BCUT2D eigenvalue weighted by molar-refractivity contribution is -0.137. The maximum Gasteiger partial charge on any atom is 0.330 e. The number of rotatable bonds is 12. The van der Waals surface area contributed by atoms with Gasteiger partial charge < -0.3 is 4.74 Å². The van der Waals surface area contributed by atoms with E-state index in [-0.39, 0.29) is 5.97 Å². The molecule has 0 bridgehead atoms. The molecule has 0 aliphatic rings. The van der Waals surface area contributed by atoms with Gasteiger partial charge in [0.25, 0.3) is 0 Å². The molecule has 0 radical (unpaired) electrons. The second kappa shape index (κ2) is 13.7. The summed E-state index contributed by atoms with van der Waals surface area (Å²) >= 11 is 0. The quantitative estimate of drug-likeness (QED) is 0.228. The summed E-state index contributed by atoms with van der Waals surface area (Å²) in [5, 5.41) is 0. The van der Waals surface area contributed by atoms with Gasteiger partial charge in [-0.05, 0) is 19.0 Å².